The third kappa shape index (κ3) is 5.15. The maximum Gasteiger partial charge on any atom is 0.221 e. The van der Waals surface area contributed by atoms with Crippen LogP contribution in [-0.4, -0.2) is 37.0 Å². The minimum absolute atomic E-state index is 0.0381. The minimum atomic E-state index is -0.576. The molecule has 0 radical (unpaired) electrons. The molecule has 2 atom stereocenters. The number of Topliss-reactive ketones (excluding diaryl/α,β-unsaturated/α-hetero) is 1. The summed E-state index contributed by atoms with van der Waals surface area (Å²) in [7, 11) is 0. The highest BCUT2D eigenvalue weighted by atomic mass is 16.5. The fraction of sp³-hybridized carbons (Fsp3) is 0.438. The van der Waals surface area contributed by atoms with Gasteiger partial charge in [-0.15, -0.1) is 0 Å². The van der Waals surface area contributed by atoms with Gasteiger partial charge in [-0.3, -0.25) is 19.7 Å². The second-order valence-corrected chi connectivity index (χ2v) is 5.53. The molecule has 7 heteroatoms. The lowest BCUT2D eigenvalue weighted by Crippen LogP contribution is -2.33. The van der Waals surface area contributed by atoms with Crippen LogP contribution in [0.2, 0.25) is 0 Å². The summed E-state index contributed by atoms with van der Waals surface area (Å²) in [5.74, 6) is -1.43. The Morgan fingerprint density at radius 3 is 2.57 bits per heavy atom. The van der Waals surface area contributed by atoms with Gasteiger partial charge >= 0.3 is 0 Å². The first kappa shape index (κ1) is 17.1. The average Bonchev–Trinajstić information content (AvgIpc) is 2.99. The number of hydrogen-bond donors (Lipinski definition) is 3. The van der Waals surface area contributed by atoms with E-state index in [4.69, 9.17) is 10.5 Å². The predicted molar refractivity (Wildman–Crippen MR) is 84.7 cm³/mol. The number of amides is 2. The molecule has 1 aliphatic rings. The van der Waals surface area contributed by atoms with Gasteiger partial charge in [0.1, 0.15) is 6.23 Å². The molecule has 1 fully saturated rings. The molecule has 124 valence electrons. The maximum atomic E-state index is 12.3. The summed E-state index contributed by atoms with van der Waals surface area (Å²) in [5, 5.41) is 5.73. The van der Waals surface area contributed by atoms with Crippen LogP contribution in [0.1, 0.15) is 30.1 Å². The fourth-order valence-electron chi connectivity index (χ4n) is 2.47. The van der Waals surface area contributed by atoms with Crippen molar-refractivity contribution in [3.05, 3.63) is 29.8 Å². The number of hydrogen-bond acceptors (Lipinski definition) is 5. The lowest BCUT2D eigenvalue weighted by Gasteiger charge is -2.17. The van der Waals surface area contributed by atoms with E-state index in [9.17, 15) is 14.4 Å². The molecule has 7 nitrogen and oxygen atoms in total. The molecule has 2 rings (SSSR count). The molecule has 1 aliphatic heterocycles. The number of carbonyl (C=O) groups excluding carboxylic acids is 3. The number of primary amides is 1. The lowest BCUT2D eigenvalue weighted by atomic mass is 9.94. The average molecular weight is 319 g/mol. The summed E-state index contributed by atoms with van der Waals surface area (Å²) in [4.78, 5) is 34.8. The van der Waals surface area contributed by atoms with Gasteiger partial charge in [-0.1, -0.05) is 0 Å². The molecule has 1 saturated heterocycles. The van der Waals surface area contributed by atoms with Crippen molar-refractivity contribution in [2.24, 2.45) is 11.7 Å². The number of benzene rings is 1. The molecule has 23 heavy (non-hydrogen) atoms. The summed E-state index contributed by atoms with van der Waals surface area (Å²) in [5.41, 5.74) is 6.49. The van der Waals surface area contributed by atoms with Crippen LogP contribution in [0.4, 0.5) is 5.69 Å². The van der Waals surface area contributed by atoms with Crippen LogP contribution in [0.3, 0.4) is 0 Å². The first-order valence-corrected chi connectivity index (χ1v) is 7.51. The van der Waals surface area contributed by atoms with Crippen molar-refractivity contribution in [3.8, 4) is 0 Å². The molecular formula is C16H21N3O4. The van der Waals surface area contributed by atoms with Crippen molar-refractivity contribution in [3.63, 3.8) is 0 Å². The number of anilines is 1. The Bertz CT molecular complexity index is 579. The molecule has 4 N–H and O–H groups in total. The number of ether oxygens (including phenoxy) is 1. The van der Waals surface area contributed by atoms with Crippen LogP contribution >= 0.6 is 0 Å². The Balaban J connectivity index is 1.97. The molecule has 2 unspecified atom stereocenters. The van der Waals surface area contributed by atoms with Crippen LogP contribution in [0, 0.1) is 5.92 Å². The van der Waals surface area contributed by atoms with Crippen molar-refractivity contribution in [1.29, 1.82) is 0 Å². The number of ketones is 1. The van der Waals surface area contributed by atoms with E-state index < -0.39 is 11.8 Å². The van der Waals surface area contributed by atoms with Crippen LogP contribution in [0.15, 0.2) is 24.3 Å². The van der Waals surface area contributed by atoms with E-state index >= 15 is 0 Å². The van der Waals surface area contributed by atoms with E-state index in [1.54, 1.807) is 24.3 Å². The molecule has 0 saturated carbocycles. The van der Waals surface area contributed by atoms with Crippen molar-refractivity contribution < 1.29 is 19.1 Å². The molecule has 0 bridgehead atoms. The van der Waals surface area contributed by atoms with Crippen molar-refractivity contribution in [1.82, 2.24) is 5.32 Å². The lowest BCUT2D eigenvalue weighted by molar-refractivity contribution is -0.123. The van der Waals surface area contributed by atoms with Gasteiger partial charge in [0, 0.05) is 37.1 Å². The SMILES string of the molecule is CC(=O)Nc1ccc(C(=O)CC(CC2NCCO2)C(N)=O)cc1. The molecule has 1 heterocycles. The van der Waals surface area contributed by atoms with Gasteiger partial charge in [0.25, 0.3) is 0 Å². The van der Waals surface area contributed by atoms with Crippen LogP contribution in [0.25, 0.3) is 0 Å². The quantitative estimate of drug-likeness (QED) is 0.639. The van der Waals surface area contributed by atoms with Gasteiger partial charge in [0.2, 0.25) is 11.8 Å². The van der Waals surface area contributed by atoms with Gasteiger partial charge in [0.05, 0.1) is 6.61 Å². The Morgan fingerprint density at radius 1 is 1.35 bits per heavy atom. The number of rotatable bonds is 7. The molecule has 2 amide bonds. The summed E-state index contributed by atoms with van der Waals surface area (Å²) in [6, 6.07) is 6.54. The molecule has 1 aromatic rings. The van der Waals surface area contributed by atoms with Crippen LogP contribution < -0.4 is 16.4 Å². The summed E-state index contributed by atoms with van der Waals surface area (Å²) < 4.78 is 5.40. The van der Waals surface area contributed by atoms with Crippen LogP contribution in [-0.2, 0) is 14.3 Å². The van der Waals surface area contributed by atoms with Gasteiger partial charge in [-0.25, -0.2) is 0 Å². The molecule has 0 spiro atoms. The topological polar surface area (TPSA) is 111 Å². The third-order valence-corrected chi connectivity index (χ3v) is 3.65. The zero-order valence-electron chi connectivity index (χ0n) is 13.0. The summed E-state index contributed by atoms with van der Waals surface area (Å²) >= 11 is 0. The largest absolute Gasteiger partial charge is 0.369 e. The van der Waals surface area contributed by atoms with E-state index in [0.29, 0.717) is 24.3 Å². The van der Waals surface area contributed by atoms with Crippen molar-refractivity contribution in [2.45, 2.75) is 26.0 Å². The van der Waals surface area contributed by atoms with Gasteiger partial charge in [-0.05, 0) is 30.7 Å². The highest BCUT2D eigenvalue weighted by Crippen LogP contribution is 2.18. The van der Waals surface area contributed by atoms with Gasteiger partial charge in [-0.2, -0.15) is 0 Å². The Kier molecular flexibility index (Phi) is 5.84. The Hall–Kier alpha value is -2.25. The van der Waals surface area contributed by atoms with E-state index in [-0.39, 0.29) is 24.3 Å². The summed E-state index contributed by atoms with van der Waals surface area (Å²) in [6.07, 6.45) is 0.184. The first-order valence-electron chi connectivity index (χ1n) is 7.51. The highest BCUT2D eigenvalue weighted by Gasteiger charge is 2.26. The molecule has 0 aliphatic carbocycles. The Labute approximate surface area is 134 Å². The number of carbonyl (C=O) groups is 3. The zero-order chi connectivity index (χ0) is 16.8. The van der Waals surface area contributed by atoms with Gasteiger partial charge < -0.3 is 15.8 Å². The second-order valence-electron chi connectivity index (χ2n) is 5.53. The first-order chi connectivity index (χ1) is 11.0. The van der Waals surface area contributed by atoms with Gasteiger partial charge in [0.15, 0.2) is 5.78 Å². The zero-order valence-corrected chi connectivity index (χ0v) is 13.0. The highest BCUT2D eigenvalue weighted by molar-refractivity contribution is 5.99. The minimum Gasteiger partial charge on any atom is -0.369 e. The van der Waals surface area contributed by atoms with Crippen LogP contribution in [0.5, 0.6) is 0 Å². The standard InChI is InChI=1S/C16H21N3O4/c1-10(20)19-13-4-2-11(3-5-13)14(21)8-12(16(17)22)9-15-18-6-7-23-15/h2-5,12,15,18H,6-9H2,1H3,(H2,17,22)(H,19,20). The third-order valence-electron chi connectivity index (χ3n) is 3.65. The van der Waals surface area contributed by atoms with E-state index in [2.05, 4.69) is 10.6 Å². The summed E-state index contributed by atoms with van der Waals surface area (Å²) in [6.45, 7) is 2.74. The predicted octanol–water partition coefficient (Wildman–Crippen LogP) is 0.655. The molecule has 1 aromatic carbocycles. The fourth-order valence-corrected chi connectivity index (χ4v) is 2.47. The van der Waals surface area contributed by atoms with E-state index in [1.807, 2.05) is 0 Å². The smallest absolute Gasteiger partial charge is 0.221 e. The Morgan fingerprint density at radius 2 is 2.04 bits per heavy atom. The number of nitrogens with two attached hydrogens (primary N) is 1. The van der Waals surface area contributed by atoms with E-state index in [1.165, 1.54) is 6.92 Å². The number of nitrogens with one attached hydrogen (secondary N) is 2. The van der Waals surface area contributed by atoms with E-state index in [0.717, 1.165) is 6.54 Å². The maximum absolute atomic E-state index is 12.3. The van der Waals surface area contributed by atoms with Crippen molar-refractivity contribution >= 4 is 23.3 Å². The normalized spacial score (nSPS) is 18.4. The van der Waals surface area contributed by atoms with Crippen molar-refractivity contribution in [2.75, 3.05) is 18.5 Å². The second kappa shape index (κ2) is 7.85. The molecule has 0 aromatic heterocycles. The molecular weight excluding hydrogens is 298 g/mol. The monoisotopic (exact) mass is 319 g/mol.